The molecule has 4 amide bonds. The Morgan fingerprint density at radius 3 is 2.68 bits per heavy atom. The summed E-state index contributed by atoms with van der Waals surface area (Å²) in [7, 11) is 0. The average Bonchev–Trinajstić information content (AvgIpc) is 3.52. The first-order valence-electron chi connectivity index (χ1n) is 14.1. The number of carbonyl (C=O) groups is 3. The van der Waals surface area contributed by atoms with Crippen molar-refractivity contribution in [1.82, 2.24) is 35.1 Å². The van der Waals surface area contributed by atoms with E-state index in [1.54, 1.807) is 33.6 Å². The molecule has 226 valence electrons. The number of thiazole rings is 1. The summed E-state index contributed by atoms with van der Waals surface area (Å²) in [4.78, 5) is 63.5. The summed E-state index contributed by atoms with van der Waals surface area (Å²) in [6.07, 6.45) is 2.40. The van der Waals surface area contributed by atoms with E-state index >= 15 is 0 Å². The van der Waals surface area contributed by atoms with Gasteiger partial charge in [0.1, 0.15) is 18.0 Å². The smallest absolute Gasteiger partial charge is 0.333 e. The van der Waals surface area contributed by atoms with Crippen LogP contribution in [0.25, 0.3) is 10.2 Å². The number of rotatable bonds is 8. The van der Waals surface area contributed by atoms with Crippen molar-refractivity contribution in [3.63, 3.8) is 0 Å². The maximum absolute atomic E-state index is 14.5. The number of nitrogens with one attached hydrogen (secondary N) is 2. The van der Waals surface area contributed by atoms with Gasteiger partial charge in [0.25, 0.3) is 0 Å². The number of fused-ring (bicyclic) bond motifs is 2. The fourth-order valence-electron chi connectivity index (χ4n) is 5.80. The Labute approximate surface area is 256 Å². The van der Waals surface area contributed by atoms with E-state index in [1.165, 1.54) is 39.6 Å². The molecular formula is C31H30FN7O4S. The zero-order valence-electron chi connectivity index (χ0n) is 23.7. The molecule has 2 aromatic heterocycles. The summed E-state index contributed by atoms with van der Waals surface area (Å²) in [6.45, 7) is 4.28. The zero-order chi connectivity index (χ0) is 30.8. The van der Waals surface area contributed by atoms with Gasteiger partial charge in [0.05, 0.1) is 28.8 Å². The van der Waals surface area contributed by atoms with Crippen molar-refractivity contribution < 1.29 is 18.8 Å². The van der Waals surface area contributed by atoms with Gasteiger partial charge in [-0.05, 0) is 22.8 Å². The van der Waals surface area contributed by atoms with Crippen LogP contribution in [0.2, 0.25) is 0 Å². The quantitative estimate of drug-likeness (QED) is 0.294. The van der Waals surface area contributed by atoms with Gasteiger partial charge in [-0.3, -0.25) is 14.4 Å². The molecule has 0 radical (unpaired) electrons. The minimum absolute atomic E-state index is 0.0160. The lowest BCUT2D eigenvalue weighted by molar-refractivity contribution is -0.189. The first-order chi connectivity index (χ1) is 21.3. The number of hydrogen-bond acceptors (Lipinski definition) is 7. The second-order valence-corrected chi connectivity index (χ2v) is 11.5. The highest BCUT2D eigenvalue weighted by atomic mass is 32.1. The Bertz CT molecular complexity index is 1760. The molecule has 2 fully saturated rings. The van der Waals surface area contributed by atoms with E-state index in [2.05, 4.69) is 21.9 Å². The fraction of sp³-hybridized carbons (Fsp3) is 0.258. The van der Waals surface area contributed by atoms with Gasteiger partial charge in [-0.25, -0.2) is 24.2 Å². The van der Waals surface area contributed by atoms with Crippen LogP contribution in [-0.2, 0) is 29.1 Å². The van der Waals surface area contributed by atoms with Crippen molar-refractivity contribution in [1.29, 1.82) is 0 Å². The van der Waals surface area contributed by atoms with E-state index in [0.29, 0.717) is 21.3 Å². The lowest BCUT2D eigenvalue weighted by atomic mass is 9.99. The first-order valence-corrected chi connectivity index (χ1v) is 15.0. The molecule has 0 unspecified atom stereocenters. The molecule has 2 atom stereocenters. The molecule has 0 spiro atoms. The molecule has 2 aliphatic rings. The molecule has 13 heteroatoms. The molecule has 44 heavy (non-hydrogen) atoms. The Morgan fingerprint density at radius 1 is 1.11 bits per heavy atom. The lowest BCUT2D eigenvalue weighted by Crippen LogP contribution is -2.76. The Kier molecular flexibility index (Phi) is 8.22. The fourth-order valence-corrected chi connectivity index (χ4v) is 6.54. The topological polar surface area (TPSA) is 122 Å². The monoisotopic (exact) mass is 615 g/mol. The van der Waals surface area contributed by atoms with Crippen molar-refractivity contribution >= 4 is 39.4 Å². The lowest BCUT2D eigenvalue weighted by Gasteiger charge is -2.55. The number of aromatic nitrogens is 2. The number of halogens is 1. The van der Waals surface area contributed by atoms with Gasteiger partial charge in [0, 0.05) is 38.3 Å². The average molecular weight is 616 g/mol. The minimum atomic E-state index is -0.964. The van der Waals surface area contributed by atoms with E-state index < -0.39 is 24.1 Å². The van der Waals surface area contributed by atoms with Crippen LogP contribution in [0.3, 0.4) is 0 Å². The van der Waals surface area contributed by atoms with Crippen LogP contribution < -0.4 is 10.9 Å². The van der Waals surface area contributed by atoms with Crippen LogP contribution in [0.4, 0.5) is 9.18 Å². The third kappa shape index (κ3) is 5.71. The van der Waals surface area contributed by atoms with E-state index in [0.717, 1.165) is 5.56 Å². The van der Waals surface area contributed by atoms with Gasteiger partial charge >= 0.3 is 6.03 Å². The second-order valence-electron chi connectivity index (χ2n) is 10.6. The molecule has 4 aromatic rings. The van der Waals surface area contributed by atoms with Gasteiger partial charge < -0.3 is 20.1 Å². The van der Waals surface area contributed by atoms with Gasteiger partial charge in [0.2, 0.25) is 17.4 Å². The van der Waals surface area contributed by atoms with Gasteiger partial charge in [-0.15, -0.1) is 17.9 Å². The largest absolute Gasteiger partial charge is 0.334 e. The van der Waals surface area contributed by atoms with Gasteiger partial charge in [-0.2, -0.15) is 0 Å². The summed E-state index contributed by atoms with van der Waals surface area (Å²) in [5.41, 5.74) is 3.93. The molecular weight excluding hydrogens is 585 g/mol. The zero-order valence-corrected chi connectivity index (χ0v) is 24.5. The van der Waals surface area contributed by atoms with Crippen molar-refractivity contribution in [3.8, 4) is 0 Å². The highest BCUT2D eigenvalue weighted by Gasteiger charge is 2.51. The van der Waals surface area contributed by atoms with Crippen LogP contribution in [0.15, 0.2) is 83.8 Å². The number of aromatic amines is 1. The van der Waals surface area contributed by atoms with Crippen molar-refractivity contribution in [2.45, 2.75) is 31.7 Å². The number of nitrogens with zero attached hydrogens (tertiary/aromatic N) is 5. The number of H-pyrrole nitrogens is 1. The number of urea groups is 1. The normalized spacial score (nSPS) is 18.9. The molecule has 2 N–H and O–H groups in total. The second kappa shape index (κ2) is 12.4. The third-order valence-electron chi connectivity index (χ3n) is 7.82. The van der Waals surface area contributed by atoms with Crippen molar-refractivity contribution in [2.75, 3.05) is 19.6 Å². The standard InChI is InChI=1S/C31H30FN7O4S/c1-2-12-37-18-27(41)38-24(13-21-8-11-25(40)33-15-21)30(42)36(16-22-9-10-23(32)29-28(22)35-19-44-29)17-26(38)39(37)31(43)34-14-20-6-4-3-5-7-20/h2-11,15,19,24,26H,1,12-14,16-18H2,(H,33,40)(H,34,43)/t24-,26-/m0/s1. The SMILES string of the molecule is C=CCN1CC(=O)N2[C@@H](Cc3ccc(=O)[nH]c3)C(=O)N(Cc3ccc(F)c4scnc34)C[C@@H]2N1C(=O)NCc1ccccc1. The van der Waals surface area contributed by atoms with Crippen LogP contribution in [-0.4, -0.2) is 79.5 Å². The summed E-state index contributed by atoms with van der Waals surface area (Å²) >= 11 is 1.18. The predicted molar refractivity (Wildman–Crippen MR) is 162 cm³/mol. The highest BCUT2D eigenvalue weighted by molar-refractivity contribution is 7.16. The molecule has 0 bridgehead atoms. The molecule has 6 rings (SSSR count). The van der Waals surface area contributed by atoms with Crippen molar-refractivity contribution in [3.05, 3.63) is 112 Å². The van der Waals surface area contributed by atoms with E-state index in [9.17, 15) is 23.6 Å². The number of hydrogen-bond donors (Lipinski definition) is 2. The molecule has 11 nitrogen and oxygen atoms in total. The van der Waals surface area contributed by atoms with E-state index in [4.69, 9.17) is 0 Å². The van der Waals surface area contributed by atoms with Gasteiger partial charge in [0.15, 0.2) is 0 Å². The Morgan fingerprint density at radius 2 is 1.93 bits per heavy atom. The number of amides is 4. The molecule has 4 heterocycles. The van der Waals surface area contributed by atoms with Crippen molar-refractivity contribution in [2.24, 2.45) is 0 Å². The minimum Gasteiger partial charge on any atom is -0.333 e. The Hall–Kier alpha value is -4.88. The van der Waals surface area contributed by atoms with Crippen LogP contribution in [0.5, 0.6) is 0 Å². The van der Waals surface area contributed by atoms with E-state index in [-0.39, 0.29) is 56.5 Å². The number of benzene rings is 2. The molecule has 0 saturated carbocycles. The number of carbonyl (C=O) groups excluding carboxylic acids is 3. The van der Waals surface area contributed by atoms with Crippen LogP contribution in [0.1, 0.15) is 16.7 Å². The third-order valence-corrected chi connectivity index (χ3v) is 8.66. The summed E-state index contributed by atoms with van der Waals surface area (Å²) < 4.78 is 14.9. The maximum atomic E-state index is 14.5. The van der Waals surface area contributed by atoms with Gasteiger partial charge in [-0.1, -0.05) is 48.5 Å². The Balaban J connectivity index is 1.37. The number of hydrazine groups is 1. The molecule has 2 aromatic carbocycles. The highest BCUT2D eigenvalue weighted by Crippen LogP contribution is 2.31. The molecule has 2 saturated heterocycles. The number of piperazine rings is 1. The molecule has 0 aliphatic carbocycles. The maximum Gasteiger partial charge on any atom is 0.334 e. The summed E-state index contributed by atoms with van der Waals surface area (Å²) in [5.74, 6) is -1.03. The molecule has 2 aliphatic heterocycles. The van der Waals surface area contributed by atoms with Crippen LogP contribution >= 0.6 is 11.3 Å². The predicted octanol–water partition coefficient (Wildman–Crippen LogP) is 2.86. The number of pyridine rings is 1. The first kappa shape index (κ1) is 29.2. The summed E-state index contributed by atoms with van der Waals surface area (Å²) in [6, 6.07) is 14.0. The summed E-state index contributed by atoms with van der Waals surface area (Å²) in [5, 5.41) is 6.08. The van der Waals surface area contributed by atoms with E-state index in [1.807, 2.05) is 30.3 Å². The van der Waals surface area contributed by atoms with Crippen LogP contribution in [0, 0.1) is 5.82 Å².